The summed E-state index contributed by atoms with van der Waals surface area (Å²) >= 11 is 0. The van der Waals surface area contributed by atoms with Gasteiger partial charge in [-0.15, -0.1) is 0 Å². The van der Waals surface area contributed by atoms with E-state index in [1.807, 2.05) is 20.8 Å². The first-order valence-corrected chi connectivity index (χ1v) is 5.04. The van der Waals surface area contributed by atoms with Crippen LogP contribution in [0.4, 0.5) is 0 Å². The summed E-state index contributed by atoms with van der Waals surface area (Å²) in [6.07, 6.45) is 0.954. The van der Waals surface area contributed by atoms with Gasteiger partial charge in [0.05, 0.1) is 6.10 Å². The molecule has 0 amide bonds. The highest BCUT2D eigenvalue weighted by Crippen LogP contribution is 2.14. The summed E-state index contributed by atoms with van der Waals surface area (Å²) < 4.78 is 5.19. The molecule has 2 atom stereocenters. The average Bonchev–Trinajstić information content (AvgIpc) is 2.01. The maximum absolute atomic E-state index is 11.6. The first-order chi connectivity index (χ1) is 6.40. The van der Waals surface area contributed by atoms with E-state index in [1.54, 1.807) is 0 Å². The van der Waals surface area contributed by atoms with Crippen molar-refractivity contribution >= 4 is 5.97 Å². The van der Waals surface area contributed by atoms with Gasteiger partial charge in [-0.1, -0.05) is 0 Å². The van der Waals surface area contributed by atoms with Crippen molar-refractivity contribution in [2.24, 2.45) is 0 Å². The second-order valence-corrected chi connectivity index (χ2v) is 4.67. The largest absolute Gasteiger partial charge is 0.459 e. The molecule has 1 heterocycles. The summed E-state index contributed by atoms with van der Waals surface area (Å²) in [7, 11) is 0. The number of hydrogen-bond donors (Lipinski definition) is 2. The lowest BCUT2D eigenvalue weighted by Crippen LogP contribution is -2.52. The van der Waals surface area contributed by atoms with Crippen LogP contribution >= 0.6 is 0 Å². The van der Waals surface area contributed by atoms with E-state index in [1.165, 1.54) is 0 Å². The molecule has 0 aromatic carbocycles. The molecule has 2 N–H and O–H groups in total. The van der Waals surface area contributed by atoms with Crippen LogP contribution in [0, 0.1) is 0 Å². The molecule has 0 aromatic heterocycles. The number of esters is 1. The molecule has 0 spiro atoms. The first kappa shape index (κ1) is 11.5. The number of hydrogen-bond acceptors (Lipinski definition) is 4. The van der Waals surface area contributed by atoms with Gasteiger partial charge in [-0.3, -0.25) is 4.79 Å². The fourth-order valence-corrected chi connectivity index (χ4v) is 1.48. The van der Waals surface area contributed by atoms with E-state index < -0.39 is 17.7 Å². The second-order valence-electron chi connectivity index (χ2n) is 4.67. The Labute approximate surface area is 84.6 Å². The number of carbonyl (C=O) groups is 1. The van der Waals surface area contributed by atoms with Crippen molar-refractivity contribution in [1.82, 2.24) is 5.32 Å². The van der Waals surface area contributed by atoms with E-state index >= 15 is 0 Å². The van der Waals surface area contributed by atoms with E-state index in [2.05, 4.69) is 5.32 Å². The van der Waals surface area contributed by atoms with Crippen molar-refractivity contribution < 1.29 is 14.6 Å². The third-order valence-electron chi connectivity index (χ3n) is 2.09. The molecular weight excluding hydrogens is 182 g/mol. The molecule has 1 fully saturated rings. The molecule has 0 radical (unpaired) electrons. The number of ether oxygens (including phenoxy) is 1. The monoisotopic (exact) mass is 201 g/mol. The van der Waals surface area contributed by atoms with Gasteiger partial charge in [0.25, 0.3) is 0 Å². The molecular formula is C10H19NO3. The summed E-state index contributed by atoms with van der Waals surface area (Å²) in [5.41, 5.74) is -0.490. The smallest absolute Gasteiger partial charge is 0.326 e. The van der Waals surface area contributed by atoms with Gasteiger partial charge in [-0.05, 0) is 40.2 Å². The highest BCUT2D eigenvalue weighted by Gasteiger charge is 2.32. The molecule has 0 saturated carbocycles. The number of carbonyl (C=O) groups excluding carboxylic acids is 1. The van der Waals surface area contributed by atoms with Crippen molar-refractivity contribution in [2.45, 2.75) is 51.4 Å². The molecule has 2 unspecified atom stereocenters. The topological polar surface area (TPSA) is 58.6 Å². The maximum atomic E-state index is 11.6. The van der Waals surface area contributed by atoms with Gasteiger partial charge in [-0.25, -0.2) is 0 Å². The Kier molecular flexibility index (Phi) is 3.50. The SMILES string of the molecule is CC(C)(C)OC(=O)C1NCCCC1O. The molecule has 82 valence electrons. The molecule has 4 heteroatoms. The van der Waals surface area contributed by atoms with Crippen molar-refractivity contribution in [3.63, 3.8) is 0 Å². The first-order valence-electron chi connectivity index (χ1n) is 5.04. The molecule has 0 aromatic rings. The van der Waals surface area contributed by atoms with Gasteiger partial charge in [0.2, 0.25) is 0 Å². The quantitative estimate of drug-likeness (QED) is 0.604. The van der Waals surface area contributed by atoms with Gasteiger partial charge in [0.1, 0.15) is 11.6 Å². The molecule has 0 bridgehead atoms. The minimum absolute atomic E-state index is 0.357. The Hall–Kier alpha value is -0.610. The Morgan fingerprint density at radius 3 is 2.64 bits per heavy atom. The summed E-state index contributed by atoms with van der Waals surface area (Å²) in [6, 6.07) is -0.553. The van der Waals surface area contributed by atoms with E-state index in [0.717, 1.165) is 13.0 Å². The van der Waals surface area contributed by atoms with Crippen molar-refractivity contribution in [1.29, 1.82) is 0 Å². The van der Waals surface area contributed by atoms with Crippen molar-refractivity contribution in [3.05, 3.63) is 0 Å². The zero-order valence-corrected chi connectivity index (χ0v) is 9.04. The normalized spacial score (nSPS) is 28.6. The van der Waals surface area contributed by atoms with Crippen LogP contribution in [0.15, 0.2) is 0 Å². The van der Waals surface area contributed by atoms with Crippen LogP contribution in [-0.2, 0) is 9.53 Å². The Bertz CT molecular complexity index is 210. The third-order valence-corrected chi connectivity index (χ3v) is 2.09. The lowest BCUT2D eigenvalue weighted by atomic mass is 10.0. The lowest BCUT2D eigenvalue weighted by Gasteiger charge is -2.30. The minimum atomic E-state index is -0.612. The molecule has 0 aliphatic carbocycles. The highest BCUT2D eigenvalue weighted by molar-refractivity contribution is 5.77. The fraction of sp³-hybridized carbons (Fsp3) is 0.900. The van der Waals surface area contributed by atoms with Crippen LogP contribution in [0.2, 0.25) is 0 Å². The van der Waals surface area contributed by atoms with Gasteiger partial charge >= 0.3 is 5.97 Å². The lowest BCUT2D eigenvalue weighted by molar-refractivity contribution is -0.161. The second kappa shape index (κ2) is 4.28. The predicted molar refractivity (Wildman–Crippen MR) is 52.9 cm³/mol. The average molecular weight is 201 g/mol. The number of aliphatic hydroxyl groups excluding tert-OH is 1. The van der Waals surface area contributed by atoms with E-state index in [0.29, 0.717) is 6.42 Å². The Balaban J connectivity index is 2.50. The zero-order valence-electron chi connectivity index (χ0n) is 9.04. The van der Waals surface area contributed by atoms with Crippen LogP contribution in [-0.4, -0.2) is 35.4 Å². The van der Waals surface area contributed by atoms with Gasteiger partial charge in [0.15, 0.2) is 0 Å². The number of aliphatic hydroxyl groups is 1. The Morgan fingerprint density at radius 1 is 1.50 bits per heavy atom. The Morgan fingerprint density at radius 2 is 2.14 bits per heavy atom. The van der Waals surface area contributed by atoms with E-state index in [4.69, 9.17) is 4.74 Å². The van der Waals surface area contributed by atoms with Crippen LogP contribution in [0.25, 0.3) is 0 Å². The van der Waals surface area contributed by atoms with E-state index in [9.17, 15) is 9.90 Å². The highest BCUT2D eigenvalue weighted by atomic mass is 16.6. The van der Waals surface area contributed by atoms with Crippen LogP contribution in [0.1, 0.15) is 33.6 Å². The van der Waals surface area contributed by atoms with Gasteiger partial charge in [-0.2, -0.15) is 0 Å². The third kappa shape index (κ3) is 3.27. The predicted octanol–water partition coefficient (Wildman–Crippen LogP) is 0.441. The number of rotatable bonds is 1. The molecule has 1 saturated heterocycles. The standard InChI is InChI=1S/C10H19NO3/c1-10(2,3)14-9(13)8-7(12)5-4-6-11-8/h7-8,11-12H,4-6H2,1-3H3. The number of nitrogens with one attached hydrogen (secondary N) is 1. The molecule has 14 heavy (non-hydrogen) atoms. The minimum Gasteiger partial charge on any atom is -0.459 e. The maximum Gasteiger partial charge on any atom is 0.326 e. The summed E-state index contributed by atoms with van der Waals surface area (Å²) in [6.45, 7) is 6.22. The van der Waals surface area contributed by atoms with Crippen LogP contribution in [0.3, 0.4) is 0 Å². The van der Waals surface area contributed by atoms with Crippen LogP contribution in [0.5, 0.6) is 0 Å². The summed E-state index contributed by atoms with van der Waals surface area (Å²) in [5.74, 6) is -0.357. The number of piperidine rings is 1. The summed E-state index contributed by atoms with van der Waals surface area (Å²) in [5, 5.41) is 12.5. The summed E-state index contributed by atoms with van der Waals surface area (Å²) in [4.78, 5) is 11.6. The van der Waals surface area contributed by atoms with Crippen molar-refractivity contribution in [2.75, 3.05) is 6.54 Å². The molecule has 1 aliphatic rings. The van der Waals surface area contributed by atoms with Crippen molar-refractivity contribution in [3.8, 4) is 0 Å². The van der Waals surface area contributed by atoms with Gasteiger partial charge < -0.3 is 15.2 Å². The molecule has 1 aliphatic heterocycles. The zero-order chi connectivity index (χ0) is 10.8. The molecule has 4 nitrogen and oxygen atoms in total. The van der Waals surface area contributed by atoms with Gasteiger partial charge in [0, 0.05) is 0 Å². The van der Waals surface area contributed by atoms with Crippen LogP contribution < -0.4 is 5.32 Å². The fourth-order valence-electron chi connectivity index (χ4n) is 1.48. The van der Waals surface area contributed by atoms with E-state index in [-0.39, 0.29) is 5.97 Å². The molecule has 1 rings (SSSR count).